The molecule has 1 aromatic heterocycles. The maximum Gasteiger partial charge on any atom is 0.354 e. The summed E-state index contributed by atoms with van der Waals surface area (Å²) in [5.41, 5.74) is 0.898. The average molecular weight is 504 g/mol. The predicted molar refractivity (Wildman–Crippen MR) is 80.7 cm³/mol. The summed E-state index contributed by atoms with van der Waals surface area (Å²) in [7, 11) is 0. The van der Waals surface area contributed by atoms with E-state index in [-0.39, 0.29) is 31.4 Å². The van der Waals surface area contributed by atoms with Crippen molar-refractivity contribution in [2.24, 2.45) is 0 Å². The molecule has 1 N–H and O–H groups in total. The Kier molecular flexibility index (Phi) is 7.89. The molecule has 0 aliphatic carbocycles. The first-order valence-corrected chi connectivity index (χ1v) is 6.56. The van der Waals surface area contributed by atoms with Gasteiger partial charge in [-0.1, -0.05) is 12.1 Å². The molecule has 0 aliphatic rings. The van der Waals surface area contributed by atoms with Crippen molar-refractivity contribution in [1.82, 2.24) is 4.98 Å². The van der Waals surface area contributed by atoms with Crippen molar-refractivity contribution in [3.8, 4) is 11.1 Å². The Morgan fingerprint density at radius 2 is 1.83 bits per heavy atom. The number of aromatic nitrogens is 1. The summed E-state index contributed by atoms with van der Waals surface area (Å²) in [4.78, 5) is 13.7. The van der Waals surface area contributed by atoms with Crippen molar-refractivity contribution in [1.29, 1.82) is 0 Å². The maximum atomic E-state index is 13.2. The molecule has 0 amide bonds. The third-order valence-electron chi connectivity index (χ3n) is 2.72. The number of benzene rings is 2. The second-order valence-electron chi connectivity index (χ2n) is 4.34. The molecule has 0 unspecified atom stereocenters. The molecule has 3 aromatic rings. The van der Waals surface area contributed by atoms with E-state index in [4.69, 9.17) is 5.11 Å². The fourth-order valence-electron chi connectivity index (χ4n) is 1.69. The van der Waals surface area contributed by atoms with E-state index in [1.807, 2.05) is 0 Å². The largest absolute Gasteiger partial charge is 0.477 e. The fraction of sp³-hybridized carbons (Fsp3) is 0. The van der Waals surface area contributed by atoms with Crippen LogP contribution in [0.25, 0.3) is 11.1 Å². The molecule has 0 saturated carbocycles. The van der Waals surface area contributed by atoms with Gasteiger partial charge in [-0.2, -0.15) is 35.9 Å². The molecule has 0 bridgehead atoms. The number of hydrogen-bond donors (Lipinski definition) is 1. The molecule has 2 aromatic carbocycles. The van der Waals surface area contributed by atoms with Crippen LogP contribution in [0.1, 0.15) is 10.5 Å². The van der Waals surface area contributed by atoms with Crippen LogP contribution in [0.2, 0.25) is 0 Å². The van der Waals surface area contributed by atoms with Crippen LogP contribution in [-0.2, 0) is 20.1 Å². The SMILES string of the molecule is Fc1c[c-]c(-c2[c-]cccc2)c(F)c1.O=C(O)c1ccccn1.[Ir]. The van der Waals surface area contributed by atoms with E-state index in [1.54, 1.807) is 36.4 Å². The van der Waals surface area contributed by atoms with Crippen molar-refractivity contribution < 1.29 is 38.8 Å². The Balaban J connectivity index is 0.000000252. The second kappa shape index (κ2) is 9.65. The van der Waals surface area contributed by atoms with Crippen LogP contribution in [0, 0.1) is 23.8 Å². The van der Waals surface area contributed by atoms with Crippen LogP contribution < -0.4 is 0 Å². The van der Waals surface area contributed by atoms with E-state index in [0.29, 0.717) is 5.56 Å². The van der Waals surface area contributed by atoms with Gasteiger partial charge in [0.05, 0.1) is 0 Å². The van der Waals surface area contributed by atoms with Crippen molar-refractivity contribution in [3.63, 3.8) is 0 Å². The van der Waals surface area contributed by atoms with E-state index in [9.17, 15) is 13.6 Å². The number of carbonyl (C=O) groups is 1. The van der Waals surface area contributed by atoms with Gasteiger partial charge in [0, 0.05) is 32.1 Å². The minimum absolute atomic E-state index is 0. The number of halogens is 2. The number of carboxylic acid groups (broad SMARTS) is 1. The molecule has 125 valence electrons. The van der Waals surface area contributed by atoms with Crippen molar-refractivity contribution >= 4 is 5.97 Å². The van der Waals surface area contributed by atoms with E-state index in [1.165, 1.54) is 12.3 Å². The smallest absolute Gasteiger partial charge is 0.354 e. The van der Waals surface area contributed by atoms with Gasteiger partial charge in [-0.3, -0.25) is 8.78 Å². The molecular weight excluding hydrogens is 492 g/mol. The molecule has 3 nitrogen and oxygen atoms in total. The van der Waals surface area contributed by atoms with Crippen LogP contribution in [-0.4, -0.2) is 16.1 Å². The van der Waals surface area contributed by atoms with Gasteiger partial charge in [0.2, 0.25) is 0 Å². The monoisotopic (exact) mass is 504 g/mol. The van der Waals surface area contributed by atoms with Gasteiger partial charge in [-0.25, -0.2) is 15.3 Å². The molecule has 0 spiro atoms. The second-order valence-corrected chi connectivity index (χ2v) is 4.34. The molecule has 1 heterocycles. The van der Waals surface area contributed by atoms with Crippen LogP contribution in [0.4, 0.5) is 8.78 Å². The van der Waals surface area contributed by atoms with Crippen LogP contribution in [0.5, 0.6) is 0 Å². The molecule has 6 heteroatoms. The average Bonchev–Trinajstić information content (AvgIpc) is 2.57. The van der Waals surface area contributed by atoms with Crippen molar-refractivity contribution in [2.45, 2.75) is 0 Å². The van der Waals surface area contributed by atoms with Crippen molar-refractivity contribution in [2.75, 3.05) is 0 Å². The normalized spacial score (nSPS) is 9.25. The number of nitrogens with zero attached hydrogens (tertiary/aromatic N) is 1. The van der Waals surface area contributed by atoms with Gasteiger partial charge in [0.1, 0.15) is 5.69 Å². The zero-order chi connectivity index (χ0) is 16.7. The van der Waals surface area contributed by atoms with E-state index in [0.717, 1.165) is 12.1 Å². The first kappa shape index (κ1) is 19.6. The minimum Gasteiger partial charge on any atom is -0.477 e. The van der Waals surface area contributed by atoms with Crippen LogP contribution in [0.3, 0.4) is 0 Å². The van der Waals surface area contributed by atoms with Crippen molar-refractivity contribution in [3.05, 3.63) is 90.3 Å². The number of pyridine rings is 1. The van der Waals surface area contributed by atoms with Crippen LogP contribution in [0.15, 0.2) is 60.8 Å². The molecule has 0 aliphatic heterocycles. The van der Waals surface area contributed by atoms with Gasteiger partial charge in [0.25, 0.3) is 0 Å². The molecule has 3 rings (SSSR count). The first-order valence-electron chi connectivity index (χ1n) is 6.56. The van der Waals surface area contributed by atoms with Gasteiger partial charge in [-0.15, -0.1) is 12.1 Å². The van der Waals surface area contributed by atoms with Gasteiger partial charge in [0.15, 0.2) is 0 Å². The van der Waals surface area contributed by atoms with E-state index in [2.05, 4.69) is 17.1 Å². The summed E-state index contributed by atoms with van der Waals surface area (Å²) in [6.07, 6.45) is 1.45. The molecule has 0 fully saturated rings. The van der Waals surface area contributed by atoms with Crippen LogP contribution >= 0.6 is 0 Å². The third kappa shape index (κ3) is 5.65. The number of carboxylic acids is 1. The number of aromatic carboxylic acids is 1. The van der Waals surface area contributed by atoms with Gasteiger partial charge < -0.3 is 5.11 Å². The first-order chi connectivity index (χ1) is 11.1. The molecular formula is C18H11F2IrNO2-2. The Bertz CT molecular complexity index is 784. The summed E-state index contributed by atoms with van der Waals surface area (Å²) in [6.45, 7) is 0. The predicted octanol–water partition coefficient (Wildman–Crippen LogP) is 4.01. The van der Waals surface area contributed by atoms with E-state index < -0.39 is 17.6 Å². The molecule has 0 saturated heterocycles. The Hall–Kier alpha value is -2.43. The number of rotatable bonds is 2. The summed E-state index contributed by atoms with van der Waals surface area (Å²) in [5, 5.41) is 8.32. The minimum atomic E-state index is -0.990. The van der Waals surface area contributed by atoms with Gasteiger partial charge >= 0.3 is 5.97 Å². The zero-order valence-electron chi connectivity index (χ0n) is 12.2. The zero-order valence-corrected chi connectivity index (χ0v) is 14.6. The third-order valence-corrected chi connectivity index (χ3v) is 2.72. The molecule has 24 heavy (non-hydrogen) atoms. The maximum absolute atomic E-state index is 13.2. The topological polar surface area (TPSA) is 50.2 Å². The van der Waals surface area contributed by atoms with E-state index >= 15 is 0 Å². The summed E-state index contributed by atoms with van der Waals surface area (Å²) >= 11 is 0. The quantitative estimate of drug-likeness (QED) is 0.538. The summed E-state index contributed by atoms with van der Waals surface area (Å²) < 4.78 is 25.8. The summed E-state index contributed by atoms with van der Waals surface area (Å²) in [5.74, 6) is -2.23. The fourth-order valence-corrected chi connectivity index (χ4v) is 1.69. The molecule has 1 radical (unpaired) electrons. The Labute approximate surface area is 151 Å². The standard InChI is InChI=1S/C12H6F2.C6H5NO2.Ir/c13-10-6-7-11(12(14)8-10)9-4-2-1-3-5-9;8-6(9)5-3-1-2-4-7-5;/h1-4,6,8H;1-4H,(H,8,9);/q-2;;. The Morgan fingerprint density at radius 1 is 1.08 bits per heavy atom. The van der Waals surface area contributed by atoms with Gasteiger partial charge in [-0.05, 0) is 17.9 Å². The number of hydrogen-bond acceptors (Lipinski definition) is 2. The Morgan fingerprint density at radius 3 is 2.33 bits per heavy atom. The summed E-state index contributed by atoms with van der Waals surface area (Å²) in [6, 6.07) is 19.0. The molecule has 0 atom stereocenters.